The van der Waals surface area contributed by atoms with Crippen molar-refractivity contribution in [3.8, 4) is 0 Å². The fourth-order valence-corrected chi connectivity index (χ4v) is 10.5. The Morgan fingerprint density at radius 3 is 0.920 bits per heavy atom. The summed E-state index contributed by atoms with van der Waals surface area (Å²) in [7, 11) is -2.28. The van der Waals surface area contributed by atoms with Crippen LogP contribution in [0.15, 0.2) is 0 Å². The molecule has 22 heteroatoms. The van der Waals surface area contributed by atoms with Crippen molar-refractivity contribution in [2.75, 3.05) is 73.5 Å². The normalized spacial score (nSPS) is 12.8. The summed E-state index contributed by atoms with van der Waals surface area (Å²) in [4.78, 5) is 76.1. The topological polar surface area (TPSA) is 281 Å². The van der Waals surface area contributed by atoms with Crippen LogP contribution in [-0.4, -0.2) is 133 Å². The summed E-state index contributed by atoms with van der Waals surface area (Å²) in [6, 6.07) is 1.48. The molecule has 0 bridgehead atoms. The minimum absolute atomic E-state index is 0.0417. The van der Waals surface area contributed by atoms with Crippen LogP contribution in [0.25, 0.3) is 0 Å². The molecule has 0 aromatic rings. The molecule has 0 rings (SSSR count). The van der Waals surface area contributed by atoms with E-state index in [2.05, 4.69) is 25.4 Å². The molecular formula is C53H113N5O15Si2. The van der Waals surface area contributed by atoms with Crippen molar-refractivity contribution < 1.29 is 69.6 Å². The highest BCUT2D eigenvalue weighted by Crippen LogP contribution is 2.21. The van der Waals surface area contributed by atoms with Gasteiger partial charge in [-0.2, -0.15) is 0 Å². The average Bonchev–Trinajstić information content (AvgIpc) is 3.39. The third-order valence-electron chi connectivity index (χ3n) is 11.7. The Morgan fingerprint density at radius 2 is 0.747 bits per heavy atom. The van der Waals surface area contributed by atoms with Gasteiger partial charge in [0.05, 0.1) is 32.1 Å². The number of methoxy groups -OCH3 is 2. The highest BCUT2D eigenvalue weighted by molar-refractivity contribution is 6.61. The number of primary amides is 2. The number of nitrogens with one attached hydrogen (secondary N) is 3. The molecule has 5 unspecified atom stereocenters. The van der Waals surface area contributed by atoms with Crippen molar-refractivity contribution in [2.45, 2.75) is 195 Å². The quantitative estimate of drug-likeness (QED) is 0.0231. The summed E-state index contributed by atoms with van der Waals surface area (Å²) in [5.74, 6) is -0.666. The van der Waals surface area contributed by atoms with E-state index in [-0.39, 0.29) is 77.1 Å². The Hall–Kier alpha value is -3.52. The number of ether oxygens (including phenoxy) is 2. The Morgan fingerprint density at radius 1 is 0.453 bits per heavy atom. The zero-order valence-electron chi connectivity index (χ0n) is 51.1. The number of nitrogens with two attached hydrogens (primary N) is 2. The molecule has 0 aliphatic carbocycles. The third kappa shape index (κ3) is 46.3. The van der Waals surface area contributed by atoms with Crippen molar-refractivity contribution in [2.24, 2.45) is 46.5 Å². The van der Waals surface area contributed by atoms with Crippen LogP contribution in [0.4, 0.5) is 0 Å². The van der Waals surface area contributed by atoms with E-state index in [1.54, 1.807) is 6.92 Å². The molecule has 0 spiro atoms. The maximum absolute atomic E-state index is 11.7. The number of carbonyl (C=O) groups excluding carboxylic acids is 7. The van der Waals surface area contributed by atoms with E-state index in [0.717, 1.165) is 63.5 Å². The molecule has 0 aromatic carbocycles. The molecule has 448 valence electrons. The average molecular weight is 1120 g/mol. The van der Waals surface area contributed by atoms with Crippen LogP contribution >= 0.6 is 0 Å². The molecule has 0 aromatic heterocycles. The predicted octanol–water partition coefficient (Wildman–Crippen LogP) is 8.13. The molecule has 0 heterocycles. The van der Waals surface area contributed by atoms with Crippen LogP contribution in [0, 0.1) is 35.0 Å². The number of amides is 5. The van der Waals surface area contributed by atoms with E-state index < -0.39 is 23.5 Å². The Kier molecular flexibility index (Phi) is 58.0. The van der Waals surface area contributed by atoms with E-state index in [4.69, 9.17) is 38.0 Å². The van der Waals surface area contributed by atoms with E-state index in [1.807, 2.05) is 125 Å². The highest BCUT2D eigenvalue weighted by Gasteiger charge is 2.40. The number of hydrogen-bond acceptors (Lipinski definition) is 15. The summed E-state index contributed by atoms with van der Waals surface area (Å²) in [6.07, 6.45) is 6.64. The first-order valence-electron chi connectivity index (χ1n) is 27.5. The molecule has 0 aliphatic rings. The van der Waals surface area contributed by atoms with Gasteiger partial charge in [-0.1, -0.05) is 76.2 Å². The number of carbonyl (C=O) groups is 7. The number of esters is 2. The van der Waals surface area contributed by atoms with E-state index in [1.165, 1.54) is 14.2 Å². The summed E-state index contributed by atoms with van der Waals surface area (Å²) in [5, 5.41) is 8.32. The number of rotatable bonds is 34. The monoisotopic (exact) mass is 1120 g/mol. The van der Waals surface area contributed by atoms with Gasteiger partial charge in [-0.3, -0.25) is 33.6 Å². The van der Waals surface area contributed by atoms with Crippen LogP contribution in [0.3, 0.4) is 0 Å². The lowest BCUT2D eigenvalue weighted by Crippen LogP contribution is -2.46. The standard InChI is InChI=1S/2C14H31NO4Si.C7H14N2O2.C7H14O2.C6H12O2.C5H11NO/c2*1-6-13(5)14(16)15-11-10-12-20(17-7-2,18-8-3)19-9-4;1-3-5(2)7(11)9-4-6(8)10;1-5-7(2,3)6(8)9-4;1-4-5(2)6(7)8-3;1-3-4(2)5(6)7/h2*13H,6-12H2,1-5H3,(H,15,16);5H,3-4H2,1-2H3,(H2,8,10)(H,9,11);5H2,1-4H3;5H,4H2,1-3H3;4H,3H2,1-2H3,(H2,6,7). The van der Waals surface area contributed by atoms with Crippen molar-refractivity contribution in [3.05, 3.63) is 0 Å². The molecular weight excluding hydrogens is 1000 g/mol. The van der Waals surface area contributed by atoms with Crippen LogP contribution in [0.1, 0.15) is 183 Å². The van der Waals surface area contributed by atoms with Crippen LogP contribution in [0.2, 0.25) is 12.1 Å². The van der Waals surface area contributed by atoms with Gasteiger partial charge in [0.2, 0.25) is 29.5 Å². The highest BCUT2D eigenvalue weighted by atomic mass is 28.4. The fourth-order valence-electron chi connectivity index (χ4n) is 5.28. The molecule has 0 radical (unpaired) electrons. The largest absolute Gasteiger partial charge is 0.500 e. The molecule has 75 heavy (non-hydrogen) atoms. The van der Waals surface area contributed by atoms with Crippen LogP contribution < -0.4 is 27.4 Å². The second-order valence-corrected chi connectivity index (χ2v) is 23.6. The Labute approximate surface area is 458 Å². The predicted molar refractivity (Wildman–Crippen MR) is 303 cm³/mol. The molecule has 0 saturated carbocycles. The number of hydrogen-bond donors (Lipinski definition) is 5. The molecule has 0 fully saturated rings. The minimum atomic E-state index is -2.55. The van der Waals surface area contributed by atoms with Gasteiger partial charge in [0.1, 0.15) is 0 Å². The first-order valence-corrected chi connectivity index (χ1v) is 31.4. The van der Waals surface area contributed by atoms with E-state index in [9.17, 15) is 33.6 Å². The second kappa shape index (κ2) is 52.5. The van der Waals surface area contributed by atoms with Gasteiger partial charge in [0.15, 0.2) is 0 Å². The fraction of sp³-hybridized carbons (Fsp3) is 0.868. The molecule has 0 aliphatic heterocycles. The SMILES string of the molecule is CCC(C)(C)C(=O)OC.CCC(C)C(=O)NCC(N)=O.CCC(C)C(=O)OC.CCC(C)C(N)=O.CCO[Si](CCCNC(=O)C(C)CC)(OCC)OCC.CCO[Si](CCCNC(=O)C(C)CC)(OCC)OCC. The molecule has 20 nitrogen and oxygen atoms in total. The molecule has 5 atom stereocenters. The van der Waals surface area contributed by atoms with Crippen molar-refractivity contribution in [1.29, 1.82) is 0 Å². The maximum Gasteiger partial charge on any atom is 0.500 e. The van der Waals surface area contributed by atoms with Gasteiger partial charge in [0, 0.05) is 88.5 Å². The van der Waals surface area contributed by atoms with Crippen molar-refractivity contribution in [1.82, 2.24) is 16.0 Å². The molecule has 7 N–H and O–H groups in total. The lowest BCUT2D eigenvalue weighted by atomic mass is 9.91. The van der Waals surface area contributed by atoms with Gasteiger partial charge < -0.3 is 63.4 Å². The second-order valence-electron chi connectivity index (χ2n) is 18.1. The lowest BCUT2D eigenvalue weighted by Gasteiger charge is -2.28. The van der Waals surface area contributed by atoms with Gasteiger partial charge in [-0.05, 0) is 107 Å². The minimum Gasteiger partial charge on any atom is -0.469 e. The van der Waals surface area contributed by atoms with Crippen molar-refractivity contribution in [3.63, 3.8) is 0 Å². The van der Waals surface area contributed by atoms with Crippen molar-refractivity contribution >= 4 is 59.1 Å². The van der Waals surface area contributed by atoms with Gasteiger partial charge in [-0.15, -0.1) is 0 Å². The first-order chi connectivity index (χ1) is 35.1. The zero-order valence-corrected chi connectivity index (χ0v) is 53.1. The van der Waals surface area contributed by atoms with Gasteiger partial charge >= 0.3 is 29.5 Å². The molecule has 0 saturated heterocycles. The molecule has 5 amide bonds. The summed E-state index contributed by atoms with van der Waals surface area (Å²) in [6.45, 7) is 41.4. The van der Waals surface area contributed by atoms with Crippen LogP contribution in [0.5, 0.6) is 0 Å². The summed E-state index contributed by atoms with van der Waals surface area (Å²) < 4.78 is 43.6. The van der Waals surface area contributed by atoms with E-state index >= 15 is 0 Å². The van der Waals surface area contributed by atoms with Crippen LogP contribution in [-0.2, 0) is 69.6 Å². The smallest absolute Gasteiger partial charge is 0.469 e. The Balaban J connectivity index is -0.000000200. The first kappa shape index (κ1) is 82.8. The lowest BCUT2D eigenvalue weighted by molar-refractivity contribution is -0.151. The van der Waals surface area contributed by atoms with Gasteiger partial charge in [0.25, 0.3) is 0 Å². The summed E-state index contributed by atoms with van der Waals surface area (Å²) >= 11 is 0. The maximum atomic E-state index is 11.7. The summed E-state index contributed by atoms with van der Waals surface area (Å²) in [5.41, 5.74) is 9.43. The van der Waals surface area contributed by atoms with E-state index in [0.29, 0.717) is 52.7 Å². The Bertz CT molecular complexity index is 1380. The zero-order chi connectivity index (χ0) is 59.6. The third-order valence-corrected chi connectivity index (χ3v) is 18.0. The van der Waals surface area contributed by atoms with Gasteiger partial charge in [-0.25, -0.2) is 0 Å².